The van der Waals surface area contributed by atoms with E-state index in [9.17, 15) is 14.7 Å². The van der Waals surface area contributed by atoms with Gasteiger partial charge in [0.1, 0.15) is 11.5 Å². The molecule has 7 heteroatoms. The molecule has 7 nitrogen and oxygen atoms in total. The maximum absolute atomic E-state index is 12.7. The Morgan fingerprint density at radius 1 is 1.11 bits per heavy atom. The highest BCUT2D eigenvalue weighted by Crippen LogP contribution is 2.50. The van der Waals surface area contributed by atoms with Crippen LogP contribution in [0.4, 0.5) is 5.69 Å². The number of benzene rings is 2. The predicted octanol–water partition coefficient (Wildman–Crippen LogP) is 5.71. The molecular formula is C30H35N3O4. The van der Waals surface area contributed by atoms with E-state index in [-0.39, 0.29) is 23.3 Å². The van der Waals surface area contributed by atoms with E-state index in [0.29, 0.717) is 30.0 Å². The van der Waals surface area contributed by atoms with Crippen molar-refractivity contribution in [1.82, 2.24) is 5.32 Å². The third-order valence-corrected chi connectivity index (χ3v) is 7.01. The number of rotatable bonds is 8. The van der Waals surface area contributed by atoms with Crippen LogP contribution in [0.3, 0.4) is 0 Å². The molecule has 4 rings (SSSR count). The normalized spacial score (nSPS) is 19.2. The molecule has 1 heterocycles. The van der Waals surface area contributed by atoms with E-state index in [0.717, 1.165) is 46.7 Å². The first-order chi connectivity index (χ1) is 17.8. The molecule has 0 radical (unpaired) electrons. The summed E-state index contributed by atoms with van der Waals surface area (Å²) in [6.07, 6.45) is 5.92. The second-order valence-corrected chi connectivity index (χ2v) is 9.53. The van der Waals surface area contributed by atoms with E-state index in [1.807, 2.05) is 40.0 Å². The molecule has 2 aromatic carbocycles. The van der Waals surface area contributed by atoms with Crippen LogP contribution in [-0.2, 0) is 0 Å². The first kappa shape index (κ1) is 26.2. The van der Waals surface area contributed by atoms with Crippen LogP contribution in [0.15, 0.2) is 58.8 Å². The number of fused-ring (bicyclic) bond motifs is 2. The van der Waals surface area contributed by atoms with Gasteiger partial charge >= 0.3 is 5.97 Å². The summed E-state index contributed by atoms with van der Waals surface area (Å²) < 4.78 is 6.41. The summed E-state index contributed by atoms with van der Waals surface area (Å²) in [5, 5.41) is 16.3. The number of amides is 1. The van der Waals surface area contributed by atoms with Crippen molar-refractivity contribution in [2.45, 2.75) is 46.5 Å². The van der Waals surface area contributed by atoms with E-state index in [1.54, 1.807) is 12.1 Å². The molecule has 3 N–H and O–H groups in total. The molecule has 194 valence electrons. The molecular weight excluding hydrogens is 466 g/mol. The number of carboxylic acids is 1. The fourth-order valence-electron chi connectivity index (χ4n) is 5.11. The van der Waals surface area contributed by atoms with Crippen LogP contribution < -0.4 is 15.4 Å². The molecule has 1 amide bonds. The van der Waals surface area contributed by atoms with Crippen LogP contribution in [0.2, 0.25) is 0 Å². The highest BCUT2D eigenvalue weighted by atomic mass is 16.5. The third kappa shape index (κ3) is 5.17. The zero-order valence-electron chi connectivity index (χ0n) is 22.1. The number of hydrogen-bond acceptors (Lipinski definition) is 5. The molecule has 0 saturated heterocycles. The molecule has 2 aliphatic rings. The van der Waals surface area contributed by atoms with Gasteiger partial charge in [0.25, 0.3) is 5.91 Å². The molecule has 1 aliphatic carbocycles. The maximum atomic E-state index is 12.7. The smallest absolute Gasteiger partial charge is 0.336 e. The first-order valence-electron chi connectivity index (χ1n) is 12.9. The van der Waals surface area contributed by atoms with Gasteiger partial charge in [-0.15, -0.1) is 0 Å². The van der Waals surface area contributed by atoms with Gasteiger partial charge in [-0.05, 0) is 62.1 Å². The minimum absolute atomic E-state index is 0.120. The second-order valence-electron chi connectivity index (χ2n) is 9.53. The van der Waals surface area contributed by atoms with Crippen molar-refractivity contribution < 1.29 is 19.4 Å². The van der Waals surface area contributed by atoms with Gasteiger partial charge in [-0.25, -0.2) is 4.79 Å². The quantitative estimate of drug-likeness (QED) is 0.402. The van der Waals surface area contributed by atoms with E-state index in [1.165, 1.54) is 6.07 Å². The van der Waals surface area contributed by atoms with Crippen molar-refractivity contribution in [2.24, 2.45) is 10.9 Å². The van der Waals surface area contributed by atoms with Crippen LogP contribution in [-0.4, -0.2) is 42.8 Å². The third-order valence-electron chi connectivity index (χ3n) is 7.01. The van der Waals surface area contributed by atoms with Crippen LogP contribution in [0, 0.1) is 12.8 Å². The molecule has 2 unspecified atom stereocenters. The molecule has 0 spiro atoms. The minimum Gasteiger partial charge on any atom is -0.478 e. The lowest BCUT2D eigenvalue weighted by molar-refractivity contribution is 0.0695. The molecule has 2 aromatic rings. The van der Waals surface area contributed by atoms with Crippen LogP contribution >= 0.6 is 0 Å². The molecule has 37 heavy (non-hydrogen) atoms. The maximum Gasteiger partial charge on any atom is 0.336 e. The second kappa shape index (κ2) is 11.0. The Labute approximate surface area is 218 Å². The molecule has 0 aromatic heterocycles. The average molecular weight is 502 g/mol. The van der Waals surface area contributed by atoms with Crippen molar-refractivity contribution >= 4 is 23.3 Å². The number of anilines is 1. The summed E-state index contributed by atoms with van der Waals surface area (Å²) >= 11 is 0. The van der Waals surface area contributed by atoms with Gasteiger partial charge in [-0.3, -0.25) is 9.79 Å². The largest absolute Gasteiger partial charge is 0.478 e. The summed E-state index contributed by atoms with van der Waals surface area (Å²) in [6.45, 7) is 9.30. The lowest BCUT2D eigenvalue weighted by Crippen LogP contribution is -2.29. The Morgan fingerprint density at radius 2 is 1.89 bits per heavy atom. The van der Waals surface area contributed by atoms with Gasteiger partial charge in [0.2, 0.25) is 0 Å². The SMILES string of the molecule is CCCCNC(=O)c1ccc(C2c3cc(C)c(NC)cc3OC3=CC(=NCC)C(C)=CC32)c(C(=O)O)c1. The fourth-order valence-corrected chi connectivity index (χ4v) is 5.11. The van der Waals surface area contributed by atoms with Crippen LogP contribution in [0.25, 0.3) is 0 Å². The minimum atomic E-state index is -1.06. The number of hydrogen-bond donors (Lipinski definition) is 3. The van der Waals surface area contributed by atoms with Crippen molar-refractivity contribution in [2.75, 3.05) is 25.5 Å². The number of ether oxygens (including phenoxy) is 1. The zero-order chi connectivity index (χ0) is 26.7. The van der Waals surface area contributed by atoms with Crippen molar-refractivity contribution in [3.05, 3.63) is 81.6 Å². The summed E-state index contributed by atoms with van der Waals surface area (Å²) in [4.78, 5) is 29.8. The van der Waals surface area contributed by atoms with Gasteiger partial charge in [0.05, 0.1) is 11.3 Å². The Bertz CT molecular complexity index is 1320. The Hall–Kier alpha value is -3.87. The lowest BCUT2D eigenvalue weighted by Gasteiger charge is -2.37. The predicted molar refractivity (Wildman–Crippen MR) is 147 cm³/mol. The summed E-state index contributed by atoms with van der Waals surface area (Å²) in [7, 11) is 1.86. The highest BCUT2D eigenvalue weighted by Gasteiger charge is 2.39. The first-order valence-corrected chi connectivity index (χ1v) is 12.9. The van der Waals surface area contributed by atoms with E-state index in [4.69, 9.17) is 4.74 Å². The van der Waals surface area contributed by atoms with Gasteiger partial charge in [0, 0.05) is 60.9 Å². The van der Waals surface area contributed by atoms with Gasteiger partial charge in [0.15, 0.2) is 0 Å². The summed E-state index contributed by atoms with van der Waals surface area (Å²) in [6, 6.07) is 9.04. The van der Waals surface area contributed by atoms with Crippen molar-refractivity contribution in [1.29, 1.82) is 0 Å². The summed E-state index contributed by atoms with van der Waals surface area (Å²) in [5.74, 6) is -0.418. The number of nitrogens with zero attached hydrogens (tertiary/aromatic N) is 1. The molecule has 1 aliphatic heterocycles. The Balaban J connectivity index is 1.88. The Morgan fingerprint density at radius 3 is 2.57 bits per heavy atom. The van der Waals surface area contributed by atoms with Crippen molar-refractivity contribution in [3.63, 3.8) is 0 Å². The number of carbonyl (C=O) groups excluding carboxylic acids is 1. The number of aliphatic imine (C=N–C) groups is 1. The summed E-state index contributed by atoms with van der Waals surface area (Å²) in [5.41, 5.74) is 5.91. The average Bonchev–Trinajstić information content (AvgIpc) is 2.88. The standard InChI is InChI=1S/C30H35N3O4/c1-6-8-11-33-29(34)19-9-10-20(21(14-19)30(35)36)28-22-12-17(3)24(31-5)15-26(22)37-27-16-25(32-7-2)18(4)13-23(27)28/h9-10,12-16,23,28,31H,6-8,11H2,1-5H3,(H,33,34)(H,35,36). The molecule has 0 saturated carbocycles. The van der Waals surface area contributed by atoms with E-state index in [2.05, 4.69) is 34.7 Å². The van der Waals surface area contributed by atoms with E-state index >= 15 is 0 Å². The van der Waals surface area contributed by atoms with Crippen LogP contribution in [0.5, 0.6) is 5.75 Å². The number of unbranched alkanes of at least 4 members (excludes halogenated alkanes) is 1. The topological polar surface area (TPSA) is 100 Å². The monoisotopic (exact) mass is 501 g/mol. The zero-order valence-corrected chi connectivity index (χ0v) is 22.1. The number of aromatic carboxylic acids is 1. The Kier molecular flexibility index (Phi) is 7.81. The molecule has 2 atom stereocenters. The molecule has 0 bridgehead atoms. The van der Waals surface area contributed by atoms with Crippen LogP contribution in [0.1, 0.15) is 76.9 Å². The van der Waals surface area contributed by atoms with Gasteiger partial charge in [-0.1, -0.05) is 25.5 Å². The number of nitrogens with one attached hydrogen (secondary N) is 2. The highest BCUT2D eigenvalue weighted by molar-refractivity contribution is 6.09. The number of carboxylic acid groups (broad SMARTS) is 1. The van der Waals surface area contributed by atoms with Gasteiger partial charge in [-0.2, -0.15) is 0 Å². The number of aryl methyl sites for hydroxylation is 1. The molecule has 0 fully saturated rings. The van der Waals surface area contributed by atoms with E-state index < -0.39 is 5.97 Å². The number of allylic oxidation sites excluding steroid dienone is 3. The van der Waals surface area contributed by atoms with Gasteiger partial charge < -0.3 is 20.5 Å². The van der Waals surface area contributed by atoms with Crippen molar-refractivity contribution in [3.8, 4) is 5.75 Å². The number of carbonyl (C=O) groups is 2. The fraction of sp³-hybridized carbons (Fsp3) is 0.367. The lowest BCUT2D eigenvalue weighted by atomic mass is 9.73.